The maximum absolute atomic E-state index is 13.7. The molecule has 24 heavy (non-hydrogen) atoms. The first-order valence-corrected chi connectivity index (χ1v) is 9.15. The molecule has 1 aliphatic carbocycles. The van der Waals surface area contributed by atoms with Gasteiger partial charge in [-0.3, -0.25) is 0 Å². The fourth-order valence-electron chi connectivity index (χ4n) is 3.51. The summed E-state index contributed by atoms with van der Waals surface area (Å²) >= 11 is 3.68. The number of benzene rings is 2. The molecule has 0 bridgehead atoms. The van der Waals surface area contributed by atoms with Crippen LogP contribution in [0, 0.1) is 12.7 Å². The molecule has 0 radical (unpaired) electrons. The van der Waals surface area contributed by atoms with Crippen molar-refractivity contribution < 1.29 is 9.13 Å². The SMILES string of the molecule is COc1cc(Br)c(C(C)(C)C)cc1C1CC1c1cc(F)ccc1C. The maximum Gasteiger partial charge on any atom is 0.123 e. The summed E-state index contributed by atoms with van der Waals surface area (Å²) in [5.41, 5.74) is 4.86. The zero-order chi connectivity index (χ0) is 17.6. The van der Waals surface area contributed by atoms with E-state index < -0.39 is 0 Å². The van der Waals surface area contributed by atoms with E-state index >= 15 is 0 Å². The third kappa shape index (κ3) is 3.23. The third-order valence-corrected chi connectivity index (χ3v) is 5.61. The van der Waals surface area contributed by atoms with Crippen LogP contribution in [0.3, 0.4) is 0 Å². The molecule has 0 aromatic heterocycles. The van der Waals surface area contributed by atoms with Crippen LogP contribution in [-0.4, -0.2) is 7.11 Å². The minimum atomic E-state index is -0.153. The van der Waals surface area contributed by atoms with Crippen LogP contribution in [0.15, 0.2) is 34.8 Å². The van der Waals surface area contributed by atoms with Gasteiger partial charge in [0.05, 0.1) is 7.11 Å². The zero-order valence-electron chi connectivity index (χ0n) is 14.9. The largest absolute Gasteiger partial charge is 0.496 e. The Morgan fingerprint density at radius 3 is 2.38 bits per heavy atom. The van der Waals surface area contributed by atoms with Crippen LogP contribution in [0.2, 0.25) is 0 Å². The molecule has 1 saturated carbocycles. The number of hydrogen-bond acceptors (Lipinski definition) is 1. The second kappa shape index (κ2) is 6.18. The van der Waals surface area contributed by atoms with E-state index in [1.54, 1.807) is 13.2 Å². The second-order valence-corrected chi connectivity index (χ2v) is 8.63. The monoisotopic (exact) mass is 390 g/mol. The Bertz CT molecular complexity index is 776. The molecule has 2 aromatic carbocycles. The van der Waals surface area contributed by atoms with E-state index in [1.165, 1.54) is 17.2 Å². The first-order valence-electron chi connectivity index (χ1n) is 8.36. The van der Waals surface area contributed by atoms with Crippen molar-refractivity contribution in [3.05, 3.63) is 62.9 Å². The highest BCUT2D eigenvalue weighted by Crippen LogP contribution is 2.58. The van der Waals surface area contributed by atoms with Crippen molar-refractivity contribution in [1.82, 2.24) is 0 Å². The van der Waals surface area contributed by atoms with Gasteiger partial charge in [0.2, 0.25) is 0 Å². The molecule has 0 N–H and O–H groups in total. The second-order valence-electron chi connectivity index (χ2n) is 7.77. The van der Waals surface area contributed by atoms with Crippen molar-refractivity contribution in [3.8, 4) is 5.75 Å². The van der Waals surface area contributed by atoms with Gasteiger partial charge in [-0.25, -0.2) is 4.39 Å². The van der Waals surface area contributed by atoms with Crippen LogP contribution in [-0.2, 0) is 5.41 Å². The molecule has 1 nitrogen and oxygen atoms in total. The average Bonchev–Trinajstić information content (AvgIpc) is 3.28. The predicted octanol–water partition coefficient (Wildman–Crippen LogP) is 6.47. The number of aryl methyl sites for hydroxylation is 1. The van der Waals surface area contributed by atoms with E-state index in [2.05, 4.69) is 55.8 Å². The highest BCUT2D eigenvalue weighted by molar-refractivity contribution is 9.10. The van der Waals surface area contributed by atoms with E-state index in [4.69, 9.17) is 4.74 Å². The molecular formula is C21H24BrFO. The van der Waals surface area contributed by atoms with Gasteiger partial charge in [0, 0.05) is 4.47 Å². The molecule has 2 unspecified atom stereocenters. The highest BCUT2D eigenvalue weighted by Gasteiger charge is 2.42. The molecule has 2 aromatic rings. The molecular weight excluding hydrogens is 367 g/mol. The molecule has 1 aliphatic rings. The van der Waals surface area contributed by atoms with Crippen LogP contribution in [0.1, 0.15) is 61.3 Å². The van der Waals surface area contributed by atoms with Gasteiger partial charge < -0.3 is 4.74 Å². The van der Waals surface area contributed by atoms with Crippen molar-refractivity contribution in [1.29, 1.82) is 0 Å². The summed E-state index contributed by atoms with van der Waals surface area (Å²) < 4.78 is 20.4. The quantitative estimate of drug-likeness (QED) is 0.582. The minimum Gasteiger partial charge on any atom is -0.496 e. The van der Waals surface area contributed by atoms with Crippen molar-refractivity contribution in [2.45, 2.75) is 51.4 Å². The topological polar surface area (TPSA) is 9.23 Å². The van der Waals surface area contributed by atoms with Crippen molar-refractivity contribution in [3.63, 3.8) is 0 Å². The molecule has 1 fully saturated rings. The molecule has 3 heteroatoms. The zero-order valence-corrected chi connectivity index (χ0v) is 16.5. The summed E-state index contributed by atoms with van der Waals surface area (Å²) in [6.45, 7) is 8.70. The van der Waals surface area contributed by atoms with Gasteiger partial charge in [-0.1, -0.05) is 48.8 Å². The Kier molecular flexibility index (Phi) is 4.50. The van der Waals surface area contributed by atoms with E-state index in [-0.39, 0.29) is 11.2 Å². The van der Waals surface area contributed by atoms with Crippen LogP contribution < -0.4 is 4.74 Å². The lowest BCUT2D eigenvalue weighted by Crippen LogP contribution is -2.13. The normalized spacial score (nSPS) is 20.1. The molecule has 3 rings (SSSR count). The summed E-state index contributed by atoms with van der Waals surface area (Å²) in [6.07, 6.45) is 1.05. The number of rotatable bonds is 3. The Balaban J connectivity index is 2.00. The average molecular weight is 391 g/mol. The summed E-state index contributed by atoms with van der Waals surface area (Å²) in [5, 5.41) is 0. The summed E-state index contributed by atoms with van der Waals surface area (Å²) in [4.78, 5) is 0. The molecule has 2 atom stereocenters. The van der Waals surface area contributed by atoms with Gasteiger partial charge in [-0.2, -0.15) is 0 Å². The van der Waals surface area contributed by atoms with Crippen LogP contribution in [0.5, 0.6) is 5.75 Å². The van der Waals surface area contributed by atoms with Gasteiger partial charge in [0.25, 0.3) is 0 Å². The van der Waals surface area contributed by atoms with Gasteiger partial charge in [-0.15, -0.1) is 0 Å². The van der Waals surface area contributed by atoms with Crippen LogP contribution in [0.4, 0.5) is 4.39 Å². The molecule has 0 spiro atoms. The number of halogens is 2. The molecule has 128 valence electrons. The highest BCUT2D eigenvalue weighted by atomic mass is 79.9. The Hall–Kier alpha value is -1.35. The lowest BCUT2D eigenvalue weighted by atomic mass is 9.85. The first-order chi connectivity index (χ1) is 11.2. The number of ether oxygens (including phenoxy) is 1. The standard InChI is InChI=1S/C21H24BrFO/c1-12-6-7-13(23)8-14(12)15-9-16(15)17-10-18(21(2,3)4)19(22)11-20(17)24-5/h6-8,10-11,15-16H,9H2,1-5H3. The Labute approximate surface area is 152 Å². The smallest absolute Gasteiger partial charge is 0.123 e. The van der Waals surface area contributed by atoms with Crippen LogP contribution >= 0.6 is 15.9 Å². The molecule has 0 amide bonds. The molecule has 0 aliphatic heterocycles. The van der Waals surface area contributed by atoms with Gasteiger partial charge in [-0.05, 0) is 71.0 Å². The van der Waals surface area contributed by atoms with E-state index in [9.17, 15) is 4.39 Å². The fraction of sp³-hybridized carbons (Fsp3) is 0.429. The lowest BCUT2D eigenvalue weighted by Gasteiger charge is -2.23. The Morgan fingerprint density at radius 1 is 1.08 bits per heavy atom. The van der Waals surface area contributed by atoms with E-state index in [0.29, 0.717) is 11.8 Å². The number of methoxy groups -OCH3 is 1. The van der Waals surface area contributed by atoms with Crippen molar-refractivity contribution in [2.75, 3.05) is 7.11 Å². The summed E-state index contributed by atoms with van der Waals surface area (Å²) in [6, 6.07) is 9.44. The van der Waals surface area contributed by atoms with Gasteiger partial charge >= 0.3 is 0 Å². The summed E-state index contributed by atoms with van der Waals surface area (Å²) in [5.74, 6) is 1.54. The Morgan fingerprint density at radius 2 is 1.75 bits per heavy atom. The third-order valence-electron chi connectivity index (χ3n) is 4.96. The van der Waals surface area contributed by atoms with E-state index in [1.807, 2.05) is 6.07 Å². The minimum absolute atomic E-state index is 0.0546. The lowest BCUT2D eigenvalue weighted by molar-refractivity contribution is 0.408. The van der Waals surface area contributed by atoms with Crippen molar-refractivity contribution >= 4 is 15.9 Å². The van der Waals surface area contributed by atoms with Crippen LogP contribution in [0.25, 0.3) is 0 Å². The maximum atomic E-state index is 13.7. The van der Waals surface area contributed by atoms with Crippen molar-refractivity contribution in [2.24, 2.45) is 0 Å². The number of hydrogen-bond donors (Lipinski definition) is 0. The van der Waals surface area contributed by atoms with Gasteiger partial charge in [0.15, 0.2) is 0 Å². The molecule has 0 saturated heterocycles. The van der Waals surface area contributed by atoms with E-state index in [0.717, 1.165) is 27.8 Å². The summed E-state index contributed by atoms with van der Waals surface area (Å²) in [7, 11) is 1.72. The van der Waals surface area contributed by atoms with Gasteiger partial charge in [0.1, 0.15) is 11.6 Å². The first kappa shape index (κ1) is 17.5. The predicted molar refractivity (Wildman–Crippen MR) is 101 cm³/mol. The molecule has 0 heterocycles. The fourth-order valence-corrected chi connectivity index (χ4v) is 4.42.